The number of thioether (sulfide) groups is 1. The highest BCUT2D eigenvalue weighted by Crippen LogP contribution is 2.34. The molecule has 154 valence electrons. The number of amides is 1. The van der Waals surface area contributed by atoms with Crippen LogP contribution in [0.2, 0.25) is 0 Å². The van der Waals surface area contributed by atoms with Crippen molar-refractivity contribution in [3.63, 3.8) is 0 Å². The number of aromatic nitrogens is 3. The number of benzene rings is 1. The van der Waals surface area contributed by atoms with Gasteiger partial charge in [-0.3, -0.25) is 14.5 Å². The lowest BCUT2D eigenvalue weighted by molar-refractivity contribution is 0.0735. The lowest BCUT2D eigenvalue weighted by Gasteiger charge is -2.19. The third-order valence-electron chi connectivity index (χ3n) is 5.35. The maximum Gasteiger partial charge on any atom is 0.272 e. The summed E-state index contributed by atoms with van der Waals surface area (Å²) in [6.45, 7) is 2.54. The van der Waals surface area contributed by atoms with Gasteiger partial charge in [-0.25, -0.2) is 0 Å². The van der Waals surface area contributed by atoms with Crippen LogP contribution in [0.4, 0.5) is 0 Å². The first-order valence-electron chi connectivity index (χ1n) is 9.95. The number of rotatable bonds is 4. The van der Waals surface area contributed by atoms with Crippen LogP contribution in [0.3, 0.4) is 0 Å². The smallest absolute Gasteiger partial charge is 0.272 e. The normalized spacial score (nSPS) is 15.0. The van der Waals surface area contributed by atoms with E-state index in [2.05, 4.69) is 4.98 Å². The molecule has 1 amide bonds. The molecular formula is C22H22N4O3S. The molecule has 1 aliphatic rings. The van der Waals surface area contributed by atoms with Gasteiger partial charge in [-0.05, 0) is 24.8 Å². The zero-order chi connectivity index (χ0) is 20.5. The van der Waals surface area contributed by atoms with E-state index in [-0.39, 0.29) is 5.91 Å². The van der Waals surface area contributed by atoms with Gasteiger partial charge in [0.05, 0.1) is 18.0 Å². The minimum Gasteiger partial charge on any atom is -0.464 e. The zero-order valence-electron chi connectivity index (χ0n) is 16.7. The Labute approximate surface area is 178 Å². The summed E-state index contributed by atoms with van der Waals surface area (Å²) in [5, 5.41) is 6.77. The number of para-hydroxylation sites is 1. The van der Waals surface area contributed by atoms with Crippen molar-refractivity contribution < 1.29 is 13.9 Å². The molecule has 30 heavy (non-hydrogen) atoms. The predicted octanol–water partition coefficient (Wildman–Crippen LogP) is 4.03. The van der Waals surface area contributed by atoms with Crippen molar-refractivity contribution in [1.82, 2.24) is 19.7 Å². The number of pyridine rings is 1. The minimum atomic E-state index is -0.0605. The number of carbonyl (C=O) groups excluding carboxylic acids is 1. The van der Waals surface area contributed by atoms with Crippen LogP contribution in [-0.2, 0) is 10.6 Å². The van der Waals surface area contributed by atoms with Gasteiger partial charge in [-0.2, -0.15) is 5.10 Å². The van der Waals surface area contributed by atoms with Gasteiger partial charge in [0.1, 0.15) is 23.2 Å². The molecule has 0 unspecified atom stereocenters. The molecule has 5 rings (SSSR count). The Morgan fingerprint density at radius 3 is 3.00 bits per heavy atom. The van der Waals surface area contributed by atoms with E-state index in [9.17, 15) is 4.79 Å². The summed E-state index contributed by atoms with van der Waals surface area (Å²) < 4.78 is 13.1. The van der Waals surface area contributed by atoms with E-state index >= 15 is 0 Å². The van der Waals surface area contributed by atoms with Crippen LogP contribution < -0.4 is 0 Å². The van der Waals surface area contributed by atoms with Crippen molar-refractivity contribution in [2.24, 2.45) is 0 Å². The SMILES string of the molecule is CSCn1nc(-c2coc3ccccc23)c2cnc(C(=O)N3CCCOCC3)cc21. The van der Waals surface area contributed by atoms with E-state index in [1.165, 1.54) is 0 Å². The molecule has 0 spiro atoms. The number of fused-ring (bicyclic) bond motifs is 2. The van der Waals surface area contributed by atoms with E-state index in [1.54, 1.807) is 24.2 Å². The van der Waals surface area contributed by atoms with Gasteiger partial charge in [0.15, 0.2) is 0 Å². The predicted molar refractivity (Wildman–Crippen MR) is 118 cm³/mol. The van der Waals surface area contributed by atoms with Crippen molar-refractivity contribution in [3.05, 3.63) is 48.5 Å². The first-order valence-corrected chi connectivity index (χ1v) is 11.3. The van der Waals surface area contributed by atoms with Crippen LogP contribution in [0, 0.1) is 0 Å². The van der Waals surface area contributed by atoms with E-state index in [0.717, 1.165) is 39.6 Å². The lowest BCUT2D eigenvalue weighted by atomic mass is 10.1. The van der Waals surface area contributed by atoms with E-state index in [4.69, 9.17) is 14.3 Å². The fraction of sp³-hybridized carbons (Fsp3) is 0.318. The first-order chi connectivity index (χ1) is 14.8. The molecule has 0 bridgehead atoms. The maximum atomic E-state index is 13.0. The fourth-order valence-corrected chi connectivity index (χ4v) is 4.32. The van der Waals surface area contributed by atoms with Crippen molar-refractivity contribution in [1.29, 1.82) is 0 Å². The summed E-state index contributed by atoms with van der Waals surface area (Å²) in [6.07, 6.45) is 6.38. The van der Waals surface area contributed by atoms with Crippen molar-refractivity contribution in [2.75, 3.05) is 32.6 Å². The second-order valence-corrected chi connectivity index (χ2v) is 8.09. The summed E-state index contributed by atoms with van der Waals surface area (Å²) >= 11 is 1.67. The summed E-state index contributed by atoms with van der Waals surface area (Å²) in [7, 11) is 0. The van der Waals surface area contributed by atoms with Gasteiger partial charge in [-0.15, -0.1) is 11.8 Å². The summed E-state index contributed by atoms with van der Waals surface area (Å²) in [6, 6.07) is 9.77. The van der Waals surface area contributed by atoms with Gasteiger partial charge < -0.3 is 14.1 Å². The third-order valence-corrected chi connectivity index (χ3v) is 5.85. The largest absolute Gasteiger partial charge is 0.464 e. The van der Waals surface area contributed by atoms with Gasteiger partial charge in [-0.1, -0.05) is 18.2 Å². The second-order valence-electron chi connectivity index (χ2n) is 7.26. The summed E-state index contributed by atoms with van der Waals surface area (Å²) in [5.41, 5.74) is 3.91. The van der Waals surface area contributed by atoms with Gasteiger partial charge in [0, 0.05) is 42.2 Å². The monoisotopic (exact) mass is 422 g/mol. The zero-order valence-corrected chi connectivity index (χ0v) is 17.5. The Hall–Kier alpha value is -2.84. The average Bonchev–Trinajstić information content (AvgIpc) is 3.23. The van der Waals surface area contributed by atoms with Gasteiger partial charge in [0.25, 0.3) is 5.91 Å². The number of ether oxygens (including phenoxy) is 1. The van der Waals surface area contributed by atoms with Crippen molar-refractivity contribution in [2.45, 2.75) is 12.3 Å². The molecule has 0 atom stereocenters. The summed E-state index contributed by atoms with van der Waals surface area (Å²) in [5.74, 6) is 0.621. The topological polar surface area (TPSA) is 73.4 Å². The van der Waals surface area contributed by atoms with Gasteiger partial charge in [0.2, 0.25) is 0 Å². The molecular weight excluding hydrogens is 400 g/mol. The molecule has 0 aliphatic carbocycles. The van der Waals surface area contributed by atoms with E-state index in [1.807, 2.05) is 46.2 Å². The Bertz CT molecular complexity index is 1210. The summed E-state index contributed by atoms with van der Waals surface area (Å²) in [4.78, 5) is 19.4. The number of hydrogen-bond acceptors (Lipinski definition) is 6. The molecule has 1 fully saturated rings. The standard InChI is InChI=1S/C22H22N4O3S/c1-30-14-26-19-11-18(22(27)25-7-4-9-28-10-8-25)23-12-16(19)21(24-26)17-13-29-20-6-3-2-5-15(17)20/h2-3,5-6,11-13H,4,7-10,14H2,1H3. The highest BCUT2D eigenvalue weighted by Gasteiger charge is 2.22. The van der Waals surface area contributed by atoms with Crippen LogP contribution in [0.15, 0.2) is 47.2 Å². The molecule has 4 aromatic rings. The molecule has 0 saturated carbocycles. The van der Waals surface area contributed by atoms with Crippen LogP contribution in [0.1, 0.15) is 16.9 Å². The second kappa shape index (κ2) is 8.12. The molecule has 7 nitrogen and oxygen atoms in total. The molecule has 8 heteroatoms. The molecule has 4 heterocycles. The average molecular weight is 423 g/mol. The van der Waals surface area contributed by atoms with E-state index in [0.29, 0.717) is 37.9 Å². The molecule has 0 N–H and O–H groups in total. The van der Waals surface area contributed by atoms with Crippen molar-refractivity contribution in [3.8, 4) is 11.3 Å². The van der Waals surface area contributed by atoms with Crippen LogP contribution >= 0.6 is 11.8 Å². The van der Waals surface area contributed by atoms with Gasteiger partial charge >= 0.3 is 0 Å². The number of nitrogens with zero attached hydrogens (tertiary/aromatic N) is 4. The minimum absolute atomic E-state index is 0.0605. The Morgan fingerprint density at radius 1 is 1.20 bits per heavy atom. The Balaban J connectivity index is 1.60. The van der Waals surface area contributed by atoms with E-state index < -0.39 is 0 Å². The maximum absolute atomic E-state index is 13.0. The molecule has 1 saturated heterocycles. The fourth-order valence-electron chi connectivity index (χ4n) is 3.88. The quantitative estimate of drug-likeness (QED) is 0.494. The Morgan fingerprint density at radius 2 is 2.10 bits per heavy atom. The first kappa shape index (κ1) is 19.1. The molecule has 1 aromatic carbocycles. The van der Waals surface area contributed by atoms with Crippen LogP contribution in [-0.4, -0.2) is 58.1 Å². The molecule has 3 aromatic heterocycles. The van der Waals surface area contributed by atoms with Crippen LogP contribution in [0.25, 0.3) is 33.1 Å². The highest BCUT2D eigenvalue weighted by atomic mass is 32.2. The molecule has 1 aliphatic heterocycles. The molecule has 0 radical (unpaired) electrons. The number of furan rings is 1. The van der Waals surface area contributed by atoms with Crippen LogP contribution in [0.5, 0.6) is 0 Å². The lowest BCUT2D eigenvalue weighted by Crippen LogP contribution is -2.33. The Kier molecular flexibility index (Phi) is 5.18. The number of carbonyl (C=O) groups is 1. The highest BCUT2D eigenvalue weighted by molar-refractivity contribution is 7.97. The van der Waals surface area contributed by atoms with Crippen molar-refractivity contribution >= 4 is 39.5 Å². The third kappa shape index (κ3) is 3.36. The number of hydrogen-bond donors (Lipinski definition) is 0.